The van der Waals surface area contributed by atoms with Crippen molar-refractivity contribution in [2.24, 2.45) is 11.8 Å². The molecule has 2 rings (SSSR count). The number of para-hydroxylation sites is 1. The zero-order chi connectivity index (χ0) is 14.0. The van der Waals surface area contributed by atoms with Gasteiger partial charge >= 0.3 is 0 Å². The van der Waals surface area contributed by atoms with Crippen LogP contribution in [-0.2, 0) is 0 Å². The average molecular weight is 259 g/mol. The van der Waals surface area contributed by atoms with Crippen molar-refractivity contribution in [1.29, 1.82) is 0 Å². The van der Waals surface area contributed by atoms with Gasteiger partial charge in [-0.2, -0.15) is 0 Å². The molecule has 3 atom stereocenters. The second-order valence-corrected chi connectivity index (χ2v) is 6.01. The predicted octanol–water partition coefficient (Wildman–Crippen LogP) is 4.15. The van der Waals surface area contributed by atoms with E-state index in [4.69, 9.17) is 0 Å². The number of Topliss-reactive ketones (excluding diaryl/α,β-unsaturated/α-hetero) is 1. The van der Waals surface area contributed by atoms with E-state index in [1.165, 1.54) is 6.42 Å². The highest BCUT2D eigenvalue weighted by molar-refractivity contribution is 6.01. The molecule has 19 heavy (non-hydrogen) atoms. The molecule has 3 unspecified atom stereocenters. The zero-order valence-corrected chi connectivity index (χ0v) is 12.5. The average Bonchev–Trinajstić information content (AvgIpc) is 2.42. The first-order valence-electron chi connectivity index (χ1n) is 7.43. The molecule has 1 fully saturated rings. The molecule has 2 nitrogen and oxygen atoms in total. The first kappa shape index (κ1) is 14.1. The minimum atomic E-state index is 0.244. The van der Waals surface area contributed by atoms with Crippen molar-refractivity contribution in [2.75, 3.05) is 11.4 Å². The SMILES string of the molecule is CCC(=O)c1ccccc1N1CC(C)CC(C)C1C. The van der Waals surface area contributed by atoms with Crippen molar-refractivity contribution < 1.29 is 4.79 Å². The van der Waals surface area contributed by atoms with E-state index in [1.807, 2.05) is 25.1 Å². The van der Waals surface area contributed by atoms with Crippen molar-refractivity contribution in [3.05, 3.63) is 29.8 Å². The molecule has 0 radical (unpaired) electrons. The molecule has 0 bridgehead atoms. The van der Waals surface area contributed by atoms with Gasteiger partial charge in [0.05, 0.1) is 0 Å². The smallest absolute Gasteiger partial charge is 0.164 e. The van der Waals surface area contributed by atoms with Gasteiger partial charge in [0.15, 0.2) is 5.78 Å². The van der Waals surface area contributed by atoms with Gasteiger partial charge < -0.3 is 4.90 Å². The highest BCUT2D eigenvalue weighted by Gasteiger charge is 2.30. The molecule has 1 saturated heterocycles. The zero-order valence-electron chi connectivity index (χ0n) is 12.5. The third kappa shape index (κ3) is 2.83. The van der Waals surface area contributed by atoms with Gasteiger partial charge in [-0.05, 0) is 37.3 Å². The topological polar surface area (TPSA) is 20.3 Å². The summed E-state index contributed by atoms with van der Waals surface area (Å²) in [7, 11) is 0. The maximum Gasteiger partial charge on any atom is 0.164 e. The second-order valence-electron chi connectivity index (χ2n) is 6.01. The Morgan fingerprint density at radius 1 is 1.26 bits per heavy atom. The number of anilines is 1. The summed E-state index contributed by atoms with van der Waals surface area (Å²) in [5, 5.41) is 0. The number of nitrogens with zero attached hydrogens (tertiary/aromatic N) is 1. The van der Waals surface area contributed by atoms with E-state index in [9.17, 15) is 4.79 Å². The van der Waals surface area contributed by atoms with Crippen LogP contribution in [-0.4, -0.2) is 18.4 Å². The Bertz CT molecular complexity index is 454. The third-order valence-corrected chi connectivity index (χ3v) is 4.43. The lowest BCUT2D eigenvalue weighted by molar-refractivity contribution is 0.0988. The first-order chi connectivity index (χ1) is 9.04. The molecular formula is C17H25NO. The molecule has 0 N–H and O–H groups in total. The van der Waals surface area contributed by atoms with Crippen LogP contribution < -0.4 is 4.90 Å². The van der Waals surface area contributed by atoms with Crippen LogP contribution in [0.2, 0.25) is 0 Å². The fourth-order valence-electron chi connectivity index (χ4n) is 3.18. The quantitative estimate of drug-likeness (QED) is 0.760. The molecule has 1 aliphatic rings. The van der Waals surface area contributed by atoms with E-state index in [-0.39, 0.29) is 5.78 Å². The molecule has 1 heterocycles. The number of rotatable bonds is 3. The Hall–Kier alpha value is -1.31. The van der Waals surface area contributed by atoms with Gasteiger partial charge in [0.2, 0.25) is 0 Å². The minimum absolute atomic E-state index is 0.244. The Kier molecular flexibility index (Phi) is 4.28. The van der Waals surface area contributed by atoms with Gasteiger partial charge in [0.25, 0.3) is 0 Å². The van der Waals surface area contributed by atoms with Gasteiger partial charge in [-0.15, -0.1) is 0 Å². The molecule has 0 aliphatic carbocycles. The van der Waals surface area contributed by atoms with Gasteiger partial charge in [-0.25, -0.2) is 0 Å². The Labute approximate surface area is 116 Å². The summed E-state index contributed by atoms with van der Waals surface area (Å²) in [6, 6.07) is 8.58. The van der Waals surface area contributed by atoms with Crippen LogP contribution in [0, 0.1) is 11.8 Å². The highest BCUT2D eigenvalue weighted by Crippen LogP contribution is 2.33. The Morgan fingerprint density at radius 3 is 2.63 bits per heavy atom. The van der Waals surface area contributed by atoms with Crippen LogP contribution in [0.25, 0.3) is 0 Å². The molecule has 0 saturated carbocycles. The number of piperidine rings is 1. The van der Waals surface area contributed by atoms with E-state index in [0.717, 1.165) is 17.8 Å². The van der Waals surface area contributed by atoms with E-state index in [1.54, 1.807) is 0 Å². The van der Waals surface area contributed by atoms with Crippen LogP contribution in [0.3, 0.4) is 0 Å². The summed E-state index contributed by atoms with van der Waals surface area (Å²) in [4.78, 5) is 14.6. The van der Waals surface area contributed by atoms with Gasteiger partial charge in [-0.1, -0.05) is 32.9 Å². The van der Waals surface area contributed by atoms with E-state index >= 15 is 0 Å². The number of benzene rings is 1. The predicted molar refractivity (Wildman–Crippen MR) is 80.8 cm³/mol. The minimum Gasteiger partial charge on any atom is -0.368 e. The summed E-state index contributed by atoms with van der Waals surface area (Å²) >= 11 is 0. The summed E-state index contributed by atoms with van der Waals surface area (Å²) in [5.41, 5.74) is 2.01. The fourth-order valence-corrected chi connectivity index (χ4v) is 3.18. The van der Waals surface area contributed by atoms with E-state index in [2.05, 4.69) is 31.7 Å². The van der Waals surface area contributed by atoms with Crippen LogP contribution in [0.5, 0.6) is 0 Å². The van der Waals surface area contributed by atoms with Crippen LogP contribution in [0.1, 0.15) is 50.9 Å². The Morgan fingerprint density at radius 2 is 1.95 bits per heavy atom. The fraction of sp³-hybridized carbons (Fsp3) is 0.588. The second kappa shape index (κ2) is 5.77. The van der Waals surface area contributed by atoms with Crippen LogP contribution in [0.15, 0.2) is 24.3 Å². The molecule has 1 aliphatic heterocycles. The van der Waals surface area contributed by atoms with Gasteiger partial charge in [0, 0.05) is 30.3 Å². The largest absolute Gasteiger partial charge is 0.368 e. The van der Waals surface area contributed by atoms with Crippen LogP contribution >= 0.6 is 0 Å². The van der Waals surface area contributed by atoms with Crippen molar-refractivity contribution in [2.45, 2.75) is 46.6 Å². The summed E-state index contributed by atoms with van der Waals surface area (Å²) in [5.74, 6) is 1.61. The lowest BCUT2D eigenvalue weighted by atomic mass is 9.85. The highest BCUT2D eigenvalue weighted by atomic mass is 16.1. The monoisotopic (exact) mass is 259 g/mol. The Balaban J connectivity index is 2.37. The van der Waals surface area contributed by atoms with E-state index < -0.39 is 0 Å². The lowest BCUT2D eigenvalue weighted by Gasteiger charge is -2.43. The van der Waals surface area contributed by atoms with Crippen molar-refractivity contribution in [1.82, 2.24) is 0 Å². The number of carbonyl (C=O) groups is 1. The lowest BCUT2D eigenvalue weighted by Crippen LogP contribution is -2.46. The summed E-state index contributed by atoms with van der Waals surface area (Å²) in [6.45, 7) is 9.89. The van der Waals surface area contributed by atoms with Gasteiger partial charge in [-0.3, -0.25) is 4.79 Å². The molecule has 104 valence electrons. The van der Waals surface area contributed by atoms with E-state index in [0.29, 0.717) is 24.3 Å². The van der Waals surface area contributed by atoms with Gasteiger partial charge in [0.1, 0.15) is 0 Å². The standard InChI is InChI=1S/C17H25NO/c1-5-17(19)15-8-6-7-9-16(15)18-11-12(2)10-13(3)14(18)4/h6-9,12-14H,5,10-11H2,1-4H3. The number of hydrogen-bond donors (Lipinski definition) is 0. The third-order valence-electron chi connectivity index (χ3n) is 4.43. The molecule has 0 amide bonds. The van der Waals surface area contributed by atoms with Crippen molar-refractivity contribution >= 4 is 11.5 Å². The maximum atomic E-state index is 12.1. The maximum absolute atomic E-state index is 12.1. The summed E-state index contributed by atoms with van der Waals surface area (Å²) < 4.78 is 0. The first-order valence-corrected chi connectivity index (χ1v) is 7.43. The number of ketones is 1. The molecule has 0 aromatic heterocycles. The molecule has 2 heteroatoms. The van der Waals surface area contributed by atoms with Crippen molar-refractivity contribution in [3.63, 3.8) is 0 Å². The molecule has 1 aromatic rings. The molecule has 1 aromatic carbocycles. The van der Waals surface area contributed by atoms with Crippen LogP contribution in [0.4, 0.5) is 5.69 Å². The van der Waals surface area contributed by atoms with Crippen molar-refractivity contribution in [3.8, 4) is 0 Å². The summed E-state index contributed by atoms with van der Waals surface area (Å²) in [6.07, 6.45) is 1.85. The molecule has 0 spiro atoms. The number of carbonyl (C=O) groups excluding carboxylic acids is 1. The number of hydrogen-bond acceptors (Lipinski definition) is 2. The normalized spacial score (nSPS) is 27.4. The molecular weight excluding hydrogens is 234 g/mol.